The van der Waals surface area contributed by atoms with Crippen molar-refractivity contribution in [2.45, 2.75) is 81.2 Å². The fourth-order valence-corrected chi connectivity index (χ4v) is 8.69. The van der Waals surface area contributed by atoms with Gasteiger partial charge in [0.15, 0.2) is 0 Å². The average molecular weight is 1310 g/mol. The molecule has 0 radical (unpaired) electrons. The molecule has 14 nitrogen and oxygen atoms in total. The van der Waals surface area contributed by atoms with E-state index in [0.717, 1.165) is 79.0 Å². The molecule has 0 aliphatic carbocycles. The fraction of sp³-hybridized carbons (Fsp3) is 0.173. The maximum absolute atomic E-state index is 9.37. The number of benzene rings is 11. The van der Waals surface area contributed by atoms with Crippen molar-refractivity contribution in [2.24, 2.45) is 5.73 Å². The summed E-state index contributed by atoms with van der Waals surface area (Å²) in [7, 11) is 0. The van der Waals surface area contributed by atoms with Crippen LogP contribution < -0.4 is 34.2 Å². The molecule has 11 rings (SSSR count). The lowest BCUT2D eigenvalue weighted by molar-refractivity contribution is 0.256. The SMILES string of the molecule is Cc1cc(O)ccc1COc1ccccc1.Cc1cc(O)ccc1O.Cc1cc(O)ccc1OCCN.Cc1cc(OCc2ccccc2)ccc1COC#N.Cc1cc(OCc2ccccc2)ccc1COc1ccccc1.Cc1cc(OCc2ccccc2)ccc1O.Cl. The van der Waals surface area contributed by atoms with Crippen molar-refractivity contribution in [1.82, 2.24) is 0 Å². The van der Waals surface area contributed by atoms with Crippen LogP contribution in [0.4, 0.5) is 0 Å². The number of phenols is 5. The minimum Gasteiger partial charge on any atom is -0.508 e. The van der Waals surface area contributed by atoms with Gasteiger partial charge >= 0.3 is 0 Å². The van der Waals surface area contributed by atoms with Gasteiger partial charge in [-0.25, -0.2) is 0 Å². The van der Waals surface area contributed by atoms with E-state index in [1.807, 2.05) is 204 Å². The van der Waals surface area contributed by atoms with Crippen LogP contribution in [-0.4, -0.2) is 38.7 Å². The van der Waals surface area contributed by atoms with E-state index in [2.05, 4.69) is 31.2 Å². The molecule has 0 saturated heterocycles. The molecule has 0 saturated carbocycles. The largest absolute Gasteiger partial charge is 0.508 e. The second-order valence-corrected chi connectivity index (χ2v) is 21.7. The summed E-state index contributed by atoms with van der Waals surface area (Å²) in [6, 6.07) is 81.6. The molecule has 0 aliphatic rings. The first-order valence-corrected chi connectivity index (χ1v) is 30.8. The Morgan fingerprint density at radius 1 is 0.312 bits per heavy atom. The van der Waals surface area contributed by atoms with Crippen LogP contribution in [0, 0.1) is 53.1 Å². The molecule has 0 spiro atoms. The summed E-state index contributed by atoms with van der Waals surface area (Å²) in [6.07, 6.45) is 1.67. The van der Waals surface area contributed by atoms with E-state index in [1.165, 1.54) is 34.9 Å². The van der Waals surface area contributed by atoms with E-state index in [1.54, 1.807) is 55.6 Å². The third-order valence-electron chi connectivity index (χ3n) is 14.1. The Morgan fingerprint density at radius 3 is 0.990 bits per heavy atom. The summed E-state index contributed by atoms with van der Waals surface area (Å²) in [4.78, 5) is 0. The third-order valence-corrected chi connectivity index (χ3v) is 14.1. The minimum atomic E-state index is 0. The van der Waals surface area contributed by atoms with Crippen LogP contribution in [0.15, 0.2) is 261 Å². The van der Waals surface area contributed by atoms with Gasteiger partial charge in [-0.15, -0.1) is 12.4 Å². The van der Waals surface area contributed by atoms with E-state index in [-0.39, 0.29) is 29.7 Å². The standard InChI is InChI=1S/C21H20O2.C16H15NO2.2C14H14O2.C9H13NO2.C7H8O2.ClH/c1-17-14-21(22-15-18-8-4-2-5-9-18)13-12-19(17)16-23-20-10-6-3-7-11-20;1-13-9-16(8-7-15(13)11-18-12-17)19-10-14-5-3-2-4-6-14;1-11-9-13(15)8-7-12(11)10-16-14-5-3-2-4-6-14;1-11-9-13(7-8-14(11)15)16-10-12-5-3-2-4-6-12;1-7-6-8(11)2-3-9(7)12-5-4-10;1-5-4-6(8)2-3-7(5)9;/h2-14H,15-16H2,1H3;2-9H,10-11H2,1H3;2*2-9,15H,10H2,1H3;2-3,6,11H,4-5,10H2,1H3;2-4,8-9H,1H3;1H. The van der Waals surface area contributed by atoms with Crippen molar-refractivity contribution in [3.8, 4) is 69.5 Å². The van der Waals surface area contributed by atoms with Crippen LogP contribution in [0.1, 0.15) is 66.8 Å². The quantitative estimate of drug-likeness (QED) is 0.0309. The number of aromatic hydroxyl groups is 5. The van der Waals surface area contributed by atoms with Crippen molar-refractivity contribution in [3.63, 3.8) is 0 Å². The first-order chi connectivity index (χ1) is 46.0. The van der Waals surface area contributed by atoms with E-state index >= 15 is 0 Å². The lowest BCUT2D eigenvalue weighted by atomic mass is 10.1. The lowest BCUT2D eigenvalue weighted by Crippen LogP contribution is -2.10. The van der Waals surface area contributed by atoms with Gasteiger partial charge in [0, 0.05) is 6.54 Å². The van der Waals surface area contributed by atoms with Gasteiger partial charge in [0.1, 0.15) is 109 Å². The first kappa shape index (κ1) is 75.5. The van der Waals surface area contributed by atoms with Gasteiger partial charge in [0.25, 0.3) is 6.26 Å². The molecular weight excluding hydrogens is 1230 g/mol. The number of aryl methyl sites for hydroxylation is 6. The van der Waals surface area contributed by atoms with Crippen LogP contribution in [0.5, 0.6) is 63.2 Å². The number of hydrogen-bond acceptors (Lipinski definition) is 14. The van der Waals surface area contributed by atoms with Gasteiger partial charge in [0.05, 0.1) is 0 Å². The summed E-state index contributed by atoms with van der Waals surface area (Å²) in [5.74, 6) is 6.25. The number of nitrogens with two attached hydrogens (primary N) is 1. The number of nitriles is 1. The van der Waals surface area contributed by atoms with Gasteiger partial charge < -0.3 is 64.4 Å². The number of ether oxygens (including phenoxy) is 7. The number of hydrogen-bond donors (Lipinski definition) is 6. The molecule has 0 fully saturated rings. The van der Waals surface area contributed by atoms with Crippen LogP contribution >= 0.6 is 12.4 Å². The molecular formula is C81H85ClN2O12. The zero-order valence-corrected chi connectivity index (χ0v) is 55.8. The molecule has 0 unspecified atom stereocenters. The van der Waals surface area contributed by atoms with E-state index in [9.17, 15) is 10.2 Å². The summed E-state index contributed by atoms with van der Waals surface area (Å²) in [5.41, 5.74) is 17.7. The van der Waals surface area contributed by atoms with E-state index in [4.69, 9.17) is 59.5 Å². The molecule has 498 valence electrons. The van der Waals surface area contributed by atoms with Gasteiger partial charge in [0.2, 0.25) is 0 Å². The Kier molecular flexibility index (Phi) is 33.1. The Morgan fingerprint density at radius 2 is 0.625 bits per heavy atom. The van der Waals surface area contributed by atoms with Crippen molar-refractivity contribution < 1.29 is 58.7 Å². The number of nitrogens with zero attached hydrogens (tertiary/aromatic N) is 1. The molecule has 0 bridgehead atoms. The Bertz CT molecular complexity index is 4050. The molecule has 0 atom stereocenters. The predicted octanol–water partition coefficient (Wildman–Crippen LogP) is 18.2. The second-order valence-electron chi connectivity index (χ2n) is 21.7. The number of rotatable bonds is 20. The van der Waals surface area contributed by atoms with Crippen molar-refractivity contribution in [2.75, 3.05) is 13.2 Å². The zero-order chi connectivity index (χ0) is 68.0. The highest BCUT2D eigenvalue weighted by Crippen LogP contribution is 2.26. The summed E-state index contributed by atoms with van der Waals surface area (Å²) < 4.78 is 38.7. The average Bonchev–Trinajstić information content (AvgIpc) is 2.36. The molecule has 7 N–H and O–H groups in total. The van der Waals surface area contributed by atoms with Crippen molar-refractivity contribution in [1.29, 1.82) is 5.26 Å². The number of phenolic OH excluding ortho intramolecular Hbond substituents is 5. The molecule has 15 heteroatoms. The summed E-state index contributed by atoms with van der Waals surface area (Å²) in [5, 5.41) is 53.9. The fourth-order valence-electron chi connectivity index (χ4n) is 8.69. The van der Waals surface area contributed by atoms with Gasteiger partial charge in [-0.3, -0.25) is 0 Å². The highest BCUT2D eigenvalue weighted by Gasteiger charge is 2.07. The normalized spacial score (nSPS) is 9.85. The van der Waals surface area contributed by atoms with Crippen molar-refractivity contribution in [3.05, 3.63) is 328 Å². The molecule has 11 aromatic rings. The predicted molar refractivity (Wildman–Crippen MR) is 381 cm³/mol. The van der Waals surface area contributed by atoms with Gasteiger partial charge in [-0.05, 0) is 224 Å². The van der Waals surface area contributed by atoms with Crippen LogP contribution in [-0.2, 0) is 44.4 Å². The van der Waals surface area contributed by atoms with E-state index in [0.29, 0.717) is 69.9 Å². The molecule has 0 heterocycles. The molecule has 0 aromatic heterocycles. The van der Waals surface area contributed by atoms with Gasteiger partial charge in [-0.1, -0.05) is 146 Å². The molecule has 0 amide bonds. The van der Waals surface area contributed by atoms with Crippen molar-refractivity contribution >= 4 is 12.4 Å². The van der Waals surface area contributed by atoms with Gasteiger partial charge in [-0.2, -0.15) is 5.26 Å². The highest BCUT2D eigenvalue weighted by atomic mass is 35.5. The molecule has 0 aliphatic heterocycles. The van der Waals surface area contributed by atoms with E-state index < -0.39 is 0 Å². The first-order valence-electron chi connectivity index (χ1n) is 30.8. The lowest BCUT2D eigenvalue weighted by Gasteiger charge is -2.11. The Labute approximate surface area is 570 Å². The molecule has 96 heavy (non-hydrogen) atoms. The monoisotopic (exact) mass is 1310 g/mol. The topological polar surface area (TPSA) is 216 Å². The zero-order valence-electron chi connectivity index (χ0n) is 55.0. The maximum Gasteiger partial charge on any atom is 0.286 e. The third kappa shape index (κ3) is 28.3. The van der Waals surface area contributed by atoms with Crippen LogP contribution in [0.3, 0.4) is 0 Å². The molecule has 11 aromatic carbocycles. The smallest absolute Gasteiger partial charge is 0.286 e. The minimum absolute atomic E-state index is 0. The Balaban J connectivity index is 0.000000212. The van der Waals surface area contributed by atoms with Crippen LogP contribution in [0.25, 0.3) is 0 Å². The second kappa shape index (κ2) is 42.1. The maximum atomic E-state index is 9.37. The highest BCUT2D eigenvalue weighted by molar-refractivity contribution is 5.85. The number of halogens is 1. The summed E-state index contributed by atoms with van der Waals surface area (Å²) >= 11 is 0. The number of para-hydroxylation sites is 2. The Hall–Kier alpha value is -11.2. The van der Waals surface area contributed by atoms with Crippen LogP contribution in [0.2, 0.25) is 0 Å². The summed E-state index contributed by atoms with van der Waals surface area (Å²) in [6.45, 7) is 15.6.